The normalized spacial score (nSPS) is 12.8. The van der Waals surface area contributed by atoms with E-state index < -0.39 is 0 Å². The first kappa shape index (κ1) is 14.3. The van der Waals surface area contributed by atoms with Gasteiger partial charge in [-0.3, -0.25) is 4.90 Å². The first-order valence-electron chi connectivity index (χ1n) is 6.69. The summed E-state index contributed by atoms with van der Waals surface area (Å²) in [4.78, 5) is 3.75. The Morgan fingerprint density at radius 3 is 2.47 bits per heavy atom. The van der Waals surface area contributed by atoms with Crippen molar-refractivity contribution in [2.45, 2.75) is 25.9 Å². The molecule has 0 spiro atoms. The van der Waals surface area contributed by atoms with E-state index in [0.29, 0.717) is 12.5 Å². The zero-order valence-electron chi connectivity index (χ0n) is 11.7. The third-order valence-corrected chi connectivity index (χ3v) is 4.22. The third-order valence-electron chi connectivity index (χ3n) is 3.36. The van der Waals surface area contributed by atoms with Crippen LogP contribution in [0.25, 0.3) is 0 Å². The lowest BCUT2D eigenvalue weighted by atomic mass is 10.00. The molecule has 2 rings (SSSR count). The van der Waals surface area contributed by atoms with Crippen LogP contribution in [0.1, 0.15) is 28.8 Å². The van der Waals surface area contributed by atoms with Crippen molar-refractivity contribution in [2.24, 2.45) is 5.73 Å². The van der Waals surface area contributed by atoms with Gasteiger partial charge in [-0.15, -0.1) is 11.3 Å². The van der Waals surface area contributed by atoms with Gasteiger partial charge in [0.1, 0.15) is 0 Å². The van der Waals surface area contributed by atoms with Crippen molar-refractivity contribution >= 4 is 11.3 Å². The zero-order chi connectivity index (χ0) is 13.7. The molecule has 0 aliphatic carbocycles. The van der Waals surface area contributed by atoms with Crippen LogP contribution in [0.3, 0.4) is 0 Å². The van der Waals surface area contributed by atoms with Crippen LogP contribution in [0.2, 0.25) is 0 Å². The van der Waals surface area contributed by atoms with Crippen LogP contribution in [0.15, 0.2) is 41.8 Å². The summed E-state index contributed by atoms with van der Waals surface area (Å²) in [6, 6.07) is 13.1. The van der Waals surface area contributed by atoms with E-state index in [1.807, 2.05) is 11.3 Å². The van der Waals surface area contributed by atoms with E-state index in [1.165, 1.54) is 16.0 Å². The minimum Gasteiger partial charge on any atom is -0.330 e. The Labute approximate surface area is 119 Å². The maximum absolute atomic E-state index is 5.69. The van der Waals surface area contributed by atoms with E-state index in [4.69, 9.17) is 5.73 Å². The second kappa shape index (κ2) is 6.85. The Bertz CT molecular complexity index is 476. The van der Waals surface area contributed by atoms with Gasteiger partial charge in [0.05, 0.1) is 0 Å². The summed E-state index contributed by atoms with van der Waals surface area (Å²) in [6.45, 7) is 4.86. The van der Waals surface area contributed by atoms with E-state index >= 15 is 0 Å². The average Bonchev–Trinajstić information content (AvgIpc) is 2.91. The smallest absolute Gasteiger partial charge is 0.0328 e. The fourth-order valence-corrected chi connectivity index (χ4v) is 2.91. The quantitative estimate of drug-likeness (QED) is 0.874. The van der Waals surface area contributed by atoms with Gasteiger partial charge in [0.15, 0.2) is 0 Å². The molecule has 2 aromatic rings. The molecular formula is C16H22N2S. The molecular weight excluding hydrogens is 252 g/mol. The number of nitrogens with zero attached hydrogens (tertiary/aromatic N) is 1. The molecule has 2 nitrogen and oxygen atoms in total. The van der Waals surface area contributed by atoms with Crippen molar-refractivity contribution in [3.8, 4) is 0 Å². The molecule has 1 heterocycles. The lowest BCUT2D eigenvalue weighted by Gasteiger charge is -2.16. The van der Waals surface area contributed by atoms with Gasteiger partial charge >= 0.3 is 0 Å². The highest BCUT2D eigenvalue weighted by Crippen LogP contribution is 2.16. The summed E-state index contributed by atoms with van der Waals surface area (Å²) >= 11 is 1.82. The third kappa shape index (κ3) is 4.16. The molecule has 0 saturated carbocycles. The molecule has 0 saturated heterocycles. The van der Waals surface area contributed by atoms with Crippen LogP contribution in [0.5, 0.6) is 0 Å². The molecule has 0 aliphatic rings. The predicted octanol–water partition coefficient (Wildman–Crippen LogP) is 3.44. The second-order valence-electron chi connectivity index (χ2n) is 5.13. The molecule has 3 heteroatoms. The Morgan fingerprint density at radius 2 is 1.89 bits per heavy atom. The number of hydrogen-bond acceptors (Lipinski definition) is 3. The van der Waals surface area contributed by atoms with Gasteiger partial charge in [0.2, 0.25) is 0 Å². The number of thiophene rings is 1. The van der Waals surface area contributed by atoms with Crippen LogP contribution in [0.4, 0.5) is 0 Å². The Kier molecular flexibility index (Phi) is 5.14. The van der Waals surface area contributed by atoms with Crippen LogP contribution in [0, 0.1) is 0 Å². The maximum atomic E-state index is 5.69. The van der Waals surface area contributed by atoms with Gasteiger partial charge in [-0.25, -0.2) is 0 Å². The molecule has 1 aromatic heterocycles. The maximum Gasteiger partial charge on any atom is 0.0328 e. The van der Waals surface area contributed by atoms with Crippen molar-refractivity contribution in [1.29, 1.82) is 0 Å². The molecule has 2 N–H and O–H groups in total. The Balaban J connectivity index is 1.92. The van der Waals surface area contributed by atoms with Gasteiger partial charge in [-0.1, -0.05) is 37.3 Å². The van der Waals surface area contributed by atoms with Crippen LogP contribution < -0.4 is 5.73 Å². The molecule has 102 valence electrons. The Hall–Kier alpha value is -1.16. The van der Waals surface area contributed by atoms with Crippen molar-refractivity contribution < 1.29 is 0 Å². The molecule has 0 radical (unpaired) electrons. The summed E-state index contributed by atoms with van der Waals surface area (Å²) < 4.78 is 0. The van der Waals surface area contributed by atoms with Crippen LogP contribution in [-0.4, -0.2) is 18.5 Å². The number of nitrogens with two attached hydrogens (primary N) is 1. The first-order chi connectivity index (χ1) is 9.19. The van der Waals surface area contributed by atoms with E-state index in [1.54, 1.807) is 0 Å². The highest BCUT2D eigenvalue weighted by Gasteiger charge is 2.05. The van der Waals surface area contributed by atoms with Crippen molar-refractivity contribution in [2.75, 3.05) is 13.6 Å². The van der Waals surface area contributed by atoms with E-state index in [9.17, 15) is 0 Å². The fourth-order valence-electron chi connectivity index (χ4n) is 2.12. The number of rotatable bonds is 6. The van der Waals surface area contributed by atoms with Crippen molar-refractivity contribution in [3.63, 3.8) is 0 Å². The van der Waals surface area contributed by atoms with Crippen LogP contribution in [-0.2, 0) is 13.1 Å². The zero-order valence-corrected chi connectivity index (χ0v) is 12.5. The molecule has 0 amide bonds. The summed E-state index contributed by atoms with van der Waals surface area (Å²) in [5, 5.41) is 2.13. The highest BCUT2D eigenvalue weighted by atomic mass is 32.1. The molecule has 19 heavy (non-hydrogen) atoms. The standard InChI is InChI=1S/C16H22N2S/c1-13(10-17)15-7-5-14(6-8-15)11-18(2)12-16-4-3-9-19-16/h3-9,13H,10-12,17H2,1-2H3. The van der Waals surface area contributed by atoms with E-state index in [2.05, 4.69) is 60.6 Å². The van der Waals surface area contributed by atoms with Gasteiger partial charge in [-0.2, -0.15) is 0 Å². The van der Waals surface area contributed by atoms with Gasteiger partial charge in [0, 0.05) is 18.0 Å². The van der Waals surface area contributed by atoms with E-state index in [0.717, 1.165) is 13.1 Å². The molecule has 1 atom stereocenters. The van der Waals surface area contributed by atoms with Crippen LogP contribution >= 0.6 is 11.3 Å². The first-order valence-corrected chi connectivity index (χ1v) is 7.57. The number of hydrogen-bond donors (Lipinski definition) is 1. The van der Waals surface area contributed by atoms with Gasteiger partial charge in [0.25, 0.3) is 0 Å². The minimum absolute atomic E-state index is 0.442. The summed E-state index contributed by atoms with van der Waals surface area (Å²) in [5.41, 5.74) is 8.37. The number of benzene rings is 1. The Morgan fingerprint density at radius 1 is 1.16 bits per heavy atom. The summed E-state index contributed by atoms with van der Waals surface area (Å²) in [5.74, 6) is 0.442. The topological polar surface area (TPSA) is 29.3 Å². The monoisotopic (exact) mass is 274 g/mol. The molecule has 0 bridgehead atoms. The molecule has 0 fully saturated rings. The molecule has 1 aromatic carbocycles. The minimum atomic E-state index is 0.442. The van der Waals surface area contributed by atoms with Crippen molar-refractivity contribution in [1.82, 2.24) is 4.90 Å². The van der Waals surface area contributed by atoms with Gasteiger partial charge < -0.3 is 5.73 Å². The van der Waals surface area contributed by atoms with Gasteiger partial charge in [-0.05, 0) is 42.1 Å². The fraction of sp³-hybridized carbons (Fsp3) is 0.375. The second-order valence-corrected chi connectivity index (χ2v) is 6.16. The summed E-state index contributed by atoms with van der Waals surface area (Å²) in [7, 11) is 2.16. The molecule has 1 unspecified atom stereocenters. The largest absolute Gasteiger partial charge is 0.330 e. The summed E-state index contributed by atoms with van der Waals surface area (Å²) in [6.07, 6.45) is 0. The van der Waals surface area contributed by atoms with Crippen molar-refractivity contribution in [3.05, 3.63) is 57.8 Å². The lowest BCUT2D eigenvalue weighted by Crippen LogP contribution is -2.16. The lowest BCUT2D eigenvalue weighted by molar-refractivity contribution is 0.322. The predicted molar refractivity (Wildman–Crippen MR) is 83.4 cm³/mol. The SMILES string of the molecule is CC(CN)c1ccc(CN(C)Cc2cccs2)cc1. The molecule has 0 aliphatic heterocycles. The average molecular weight is 274 g/mol. The van der Waals surface area contributed by atoms with E-state index in [-0.39, 0.29) is 0 Å². The highest BCUT2D eigenvalue weighted by molar-refractivity contribution is 7.09.